The van der Waals surface area contributed by atoms with E-state index in [9.17, 15) is 15.3 Å². The molecule has 3 nitrogen and oxygen atoms in total. The lowest BCUT2D eigenvalue weighted by molar-refractivity contribution is -0.0830. The van der Waals surface area contributed by atoms with E-state index in [2.05, 4.69) is 6.58 Å². The van der Waals surface area contributed by atoms with Gasteiger partial charge >= 0.3 is 0 Å². The minimum Gasteiger partial charge on any atom is -0.390 e. The van der Waals surface area contributed by atoms with Gasteiger partial charge in [-0.2, -0.15) is 0 Å². The number of hydrogen-bond donors (Lipinski definition) is 3. The van der Waals surface area contributed by atoms with Crippen LogP contribution < -0.4 is 0 Å². The van der Waals surface area contributed by atoms with E-state index in [4.69, 9.17) is 0 Å². The summed E-state index contributed by atoms with van der Waals surface area (Å²) in [6.45, 7) is 8.09. The lowest BCUT2D eigenvalue weighted by Gasteiger charge is -2.36. The maximum Gasteiger partial charge on any atom is 0.0909 e. The molecule has 3 rings (SSSR count). The predicted octanol–water partition coefficient (Wildman–Crippen LogP) is 3.42. The zero-order valence-electron chi connectivity index (χ0n) is 14.8. The standard InChI is InChI=1S/C20H34O3/c1-13(14-7-5-4-6-8-14)15-9-10-19(2,22)16-12-18(21)20(3,23)17(16)11-15/h14-18,21-23H,1,4-12H2,2-3H3. The van der Waals surface area contributed by atoms with Crippen molar-refractivity contribution < 1.29 is 15.3 Å². The molecule has 3 saturated carbocycles. The van der Waals surface area contributed by atoms with Gasteiger partial charge in [-0.15, -0.1) is 0 Å². The van der Waals surface area contributed by atoms with Crippen LogP contribution in [0.2, 0.25) is 0 Å². The molecule has 0 amide bonds. The lowest BCUT2D eigenvalue weighted by atomic mass is 9.73. The zero-order valence-corrected chi connectivity index (χ0v) is 14.8. The average molecular weight is 322 g/mol. The minimum absolute atomic E-state index is 0.0170. The maximum atomic E-state index is 10.9. The van der Waals surface area contributed by atoms with Crippen LogP contribution in [0.25, 0.3) is 0 Å². The first-order valence-corrected chi connectivity index (χ1v) is 9.55. The molecule has 3 aliphatic carbocycles. The van der Waals surface area contributed by atoms with Gasteiger partial charge in [-0.05, 0) is 76.0 Å². The zero-order chi connectivity index (χ0) is 16.8. The summed E-state index contributed by atoms with van der Waals surface area (Å²) in [4.78, 5) is 0. The quantitative estimate of drug-likeness (QED) is 0.683. The first-order chi connectivity index (χ1) is 10.7. The molecule has 6 atom stereocenters. The summed E-state index contributed by atoms with van der Waals surface area (Å²) >= 11 is 0. The normalized spacial score (nSPS) is 48.7. The molecule has 6 unspecified atom stereocenters. The summed E-state index contributed by atoms with van der Waals surface area (Å²) in [6.07, 6.45) is 8.79. The number of allylic oxidation sites excluding steroid dienone is 1. The molecule has 0 aromatic rings. The Morgan fingerprint density at radius 1 is 0.913 bits per heavy atom. The summed E-state index contributed by atoms with van der Waals surface area (Å²) in [5, 5.41) is 32.1. The molecule has 0 heterocycles. The highest BCUT2D eigenvalue weighted by molar-refractivity contribution is 5.14. The van der Waals surface area contributed by atoms with Crippen LogP contribution in [-0.2, 0) is 0 Å². The first kappa shape index (κ1) is 17.4. The maximum absolute atomic E-state index is 10.9. The van der Waals surface area contributed by atoms with Crippen molar-refractivity contribution in [2.45, 2.75) is 88.9 Å². The number of hydrogen-bond acceptors (Lipinski definition) is 3. The Hall–Kier alpha value is -0.380. The molecular formula is C20H34O3. The van der Waals surface area contributed by atoms with Crippen LogP contribution in [0.15, 0.2) is 12.2 Å². The van der Waals surface area contributed by atoms with E-state index in [0.29, 0.717) is 18.3 Å². The van der Waals surface area contributed by atoms with E-state index >= 15 is 0 Å². The van der Waals surface area contributed by atoms with Crippen LogP contribution in [-0.4, -0.2) is 32.6 Å². The van der Waals surface area contributed by atoms with Gasteiger partial charge in [0.25, 0.3) is 0 Å². The molecule has 0 aromatic heterocycles. The third-order valence-electron chi connectivity index (χ3n) is 7.38. The largest absolute Gasteiger partial charge is 0.390 e. The van der Waals surface area contributed by atoms with Crippen molar-refractivity contribution in [3.8, 4) is 0 Å². The molecule has 23 heavy (non-hydrogen) atoms. The van der Waals surface area contributed by atoms with E-state index in [0.717, 1.165) is 19.3 Å². The van der Waals surface area contributed by atoms with E-state index in [1.54, 1.807) is 6.92 Å². The Labute approximate surface area is 140 Å². The number of rotatable bonds is 2. The fourth-order valence-electron chi connectivity index (χ4n) is 5.61. The topological polar surface area (TPSA) is 60.7 Å². The van der Waals surface area contributed by atoms with Crippen LogP contribution in [0.5, 0.6) is 0 Å². The lowest BCUT2D eigenvalue weighted by Crippen LogP contribution is -2.43. The van der Waals surface area contributed by atoms with Gasteiger partial charge in [-0.3, -0.25) is 0 Å². The fraction of sp³-hybridized carbons (Fsp3) is 0.900. The van der Waals surface area contributed by atoms with Crippen molar-refractivity contribution in [1.82, 2.24) is 0 Å². The Bertz CT molecular complexity index is 448. The van der Waals surface area contributed by atoms with Crippen molar-refractivity contribution in [2.75, 3.05) is 0 Å². The Kier molecular flexibility index (Phi) is 4.67. The van der Waals surface area contributed by atoms with Gasteiger partial charge in [0, 0.05) is 0 Å². The minimum atomic E-state index is -1.09. The second kappa shape index (κ2) is 6.16. The fourth-order valence-corrected chi connectivity index (χ4v) is 5.61. The molecule has 0 spiro atoms. The van der Waals surface area contributed by atoms with Crippen molar-refractivity contribution >= 4 is 0 Å². The van der Waals surface area contributed by atoms with Crippen molar-refractivity contribution in [3.05, 3.63) is 12.2 Å². The SMILES string of the molecule is C=C(C1CCCCC1)C1CCC(C)(O)C2CC(O)C(C)(O)C2C1. The molecule has 0 saturated heterocycles. The van der Waals surface area contributed by atoms with E-state index < -0.39 is 17.3 Å². The van der Waals surface area contributed by atoms with Gasteiger partial charge in [0.1, 0.15) is 0 Å². The second-order valence-electron chi connectivity index (χ2n) is 8.93. The van der Waals surface area contributed by atoms with E-state index in [-0.39, 0.29) is 11.8 Å². The molecular weight excluding hydrogens is 288 g/mol. The molecule has 132 valence electrons. The van der Waals surface area contributed by atoms with Gasteiger partial charge in [0.2, 0.25) is 0 Å². The Balaban J connectivity index is 1.81. The van der Waals surface area contributed by atoms with Crippen LogP contribution in [0.1, 0.15) is 71.6 Å². The van der Waals surface area contributed by atoms with Gasteiger partial charge in [-0.1, -0.05) is 31.4 Å². The molecule has 3 fully saturated rings. The van der Waals surface area contributed by atoms with Gasteiger partial charge in [0.15, 0.2) is 0 Å². The Morgan fingerprint density at radius 2 is 1.57 bits per heavy atom. The monoisotopic (exact) mass is 322 g/mol. The first-order valence-electron chi connectivity index (χ1n) is 9.55. The van der Waals surface area contributed by atoms with Crippen molar-refractivity contribution in [2.24, 2.45) is 23.7 Å². The molecule has 0 aliphatic heterocycles. The van der Waals surface area contributed by atoms with Crippen LogP contribution >= 0.6 is 0 Å². The summed E-state index contributed by atoms with van der Waals surface area (Å²) in [5.41, 5.74) is -0.545. The smallest absolute Gasteiger partial charge is 0.0909 e. The molecule has 0 bridgehead atoms. The summed E-state index contributed by atoms with van der Waals surface area (Å²) in [7, 11) is 0. The van der Waals surface area contributed by atoms with Crippen LogP contribution in [0, 0.1) is 23.7 Å². The molecule has 3 aliphatic rings. The number of aliphatic hydroxyl groups is 3. The highest BCUT2D eigenvalue weighted by Gasteiger charge is 2.57. The van der Waals surface area contributed by atoms with Gasteiger partial charge in [0.05, 0.1) is 17.3 Å². The predicted molar refractivity (Wildman–Crippen MR) is 91.9 cm³/mol. The van der Waals surface area contributed by atoms with E-state index in [1.165, 1.54) is 37.7 Å². The summed E-state index contributed by atoms with van der Waals surface area (Å²) in [5.74, 6) is 0.930. The highest BCUT2D eigenvalue weighted by atomic mass is 16.3. The summed E-state index contributed by atoms with van der Waals surface area (Å²) in [6, 6.07) is 0. The number of fused-ring (bicyclic) bond motifs is 1. The molecule has 0 aromatic carbocycles. The summed E-state index contributed by atoms with van der Waals surface area (Å²) < 4.78 is 0. The average Bonchev–Trinajstić information content (AvgIpc) is 2.66. The van der Waals surface area contributed by atoms with Gasteiger partial charge in [-0.25, -0.2) is 0 Å². The molecule has 3 heteroatoms. The number of aliphatic hydroxyl groups excluding tert-OH is 1. The van der Waals surface area contributed by atoms with Crippen LogP contribution in [0.3, 0.4) is 0 Å². The van der Waals surface area contributed by atoms with E-state index in [1.807, 2.05) is 6.92 Å². The molecule has 3 N–H and O–H groups in total. The molecule has 0 radical (unpaired) electrons. The van der Waals surface area contributed by atoms with Crippen LogP contribution in [0.4, 0.5) is 0 Å². The highest BCUT2D eigenvalue weighted by Crippen LogP contribution is 2.53. The van der Waals surface area contributed by atoms with Crippen molar-refractivity contribution in [1.29, 1.82) is 0 Å². The Morgan fingerprint density at radius 3 is 2.22 bits per heavy atom. The second-order valence-corrected chi connectivity index (χ2v) is 8.93. The third-order valence-corrected chi connectivity index (χ3v) is 7.38. The van der Waals surface area contributed by atoms with Gasteiger partial charge < -0.3 is 15.3 Å². The van der Waals surface area contributed by atoms with Crippen molar-refractivity contribution in [3.63, 3.8) is 0 Å². The third kappa shape index (κ3) is 3.12.